The summed E-state index contributed by atoms with van der Waals surface area (Å²) in [4.78, 5) is 0. The fourth-order valence-corrected chi connectivity index (χ4v) is 3.27. The lowest BCUT2D eigenvalue weighted by Crippen LogP contribution is -2.38. The molecule has 1 aliphatic carbocycles. The highest BCUT2D eigenvalue weighted by molar-refractivity contribution is 4.95. The Hall–Kier alpha value is -0.200. The second-order valence-electron chi connectivity index (χ2n) is 5.57. The molecule has 1 spiro atoms. The Labute approximate surface area is 107 Å². The molecule has 1 saturated carbocycles. The average molecular weight is 258 g/mol. The molecule has 3 fully saturated rings. The minimum absolute atomic E-state index is 0.119. The first-order valence-corrected chi connectivity index (χ1v) is 7.04. The van der Waals surface area contributed by atoms with Crippen molar-refractivity contribution >= 4 is 0 Å². The maximum Gasteiger partial charge on any atom is 0.190 e. The zero-order valence-corrected chi connectivity index (χ0v) is 10.6. The van der Waals surface area contributed by atoms with Crippen molar-refractivity contribution in [2.45, 2.75) is 75.3 Å². The van der Waals surface area contributed by atoms with Gasteiger partial charge in [-0.15, -0.1) is 0 Å². The molecule has 5 heteroatoms. The van der Waals surface area contributed by atoms with Gasteiger partial charge in [-0.1, -0.05) is 6.42 Å². The summed E-state index contributed by atoms with van der Waals surface area (Å²) in [5.41, 5.74) is 0. The molecule has 0 aromatic heterocycles. The smallest absolute Gasteiger partial charge is 0.190 e. The van der Waals surface area contributed by atoms with Crippen molar-refractivity contribution in [1.29, 1.82) is 0 Å². The molecule has 5 nitrogen and oxygen atoms in total. The van der Waals surface area contributed by atoms with Crippen LogP contribution in [-0.2, 0) is 14.2 Å². The molecule has 0 aromatic carbocycles. The van der Waals surface area contributed by atoms with E-state index in [2.05, 4.69) is 0 Å². The lowest BCUT2D eigenvalue weighted by atomic mass is 9.94. The minimum atomic E-state index is -0.636. The predicted octanol–water partition coefficient (Wildman–Crippen LogP) is 0.920. The van der Waals surface area contributed by atoms with Crippen LogP contribution < -0.4 is 0 Å². The van der Waals surface area contributed by atoms with Gasteiger partial charge in [-0.3, -0.25) is 0 Å². The van der Waals surface area contributed by atoms with Gasteiger partial charge in [0, 0.05) is 19.4 Å². The number of rotatable bonds is 3. The van der Waals surface area contributed by atoms with Crippen LogP contribution in [0.1, 0.15) is 44.9 Å². The third kappa shape index (κ3) is 2.18. The lowest BCUT2D eigenvalue weighted by molar-refractivity contribution is -0.246. The second kappa shape index (κ2) is 5.06. The summed E-state index contributed by atoms with van der Waals surface area (Å²) in [6.45, 7) is 0.119. The quantitative estimate of drug-likeness (QED) is 0.788. The summed E-state index contributed by atoms with van der Waals surface area (Å²) in [6, 6.07) is 0. The normalized spacial score (nSPS) is 42.3. The number of hydrogen-bond acceptors (Lipinski definition) is 5. The summed E-state index contributed by atoms with van der Waals surface area (Å²) >= 11 is 0. The van der Waals surface area contributed by atoms with Crippen molar-refractivity contribution in [3.05, 3.63) is 0 Å². The van der Waals surface area contributed by atoms with Crippen LogP contribution in [0.3, 0.4) is 0 Å². The van der Waals surface area contributed by atoms with E-state index in [-0.39, 0.29) is 18.8 Å². The molecule has 0 amide bonds. The van der Waals surface area contributed by atoms with E-state index in [0.29, 0.717) is 12.8 Å². The molecule has 0 bridgehead atoms. The molecule has 2 N–H and O–H groups in total. The van der Waals surface area contributed by atoms with Crippen LogP contribution >= 0.6 is 0 Å². The fraction of sp³-hybridized carbons (Fsp3) is 1.00. The zero-order chi connectivity index (χ0) is 12.6. The molecule has 2 heterocycles. The Balaban J connectivity index is 1.61. The Morgan fingerprint density at radius 1 is 1.11 bits per heavy atom. The molecule has 2 aliphatic heterocycles. The van der Waals surface area contributed by atoms with E-state index >= 15 is 0 Å². The van der Waals surface area contributed by atoms with Crippen molar-refractivity contribution in [2.75, 3.05) is 6.61 Å². The molecule has 3 rings (SSSR count). The molecule has 104 valence electrons. The Kier molecular flexibility index (Phi) is 3.60. The largest absolute Gasteiger partial charge is 0.396 e. The highest BCUT2D eigenvalue weighted by Crippen LogP contribution is 2.45. The van der Waals surface area contributed by atoms with Gasteiger partial charge in [0.25, 0.3) is 0 Å². The Morgan fingerprint density at radius 2 is 1.89 bits per heavy atom. The van der Waals surface area contributed by atoms with Crippen LogP contribution in [0.5, 0.6) is 0 Å². The van der Waals surface area contributed by atoms with Crippen molar-refractivity contribution in [3.8, 4) is 0 Å². The minimum Gasteiger partial charge on any atom is -0.396 e. The predicted molar refractivity (Wildman–Crippen MR) is 62.8 cm³/mol. The first-order valence-electron chi connectivity index (χ1n) is 7.04. The van der Waals surface area contributed by atoms with Gasteiger partial charge < -0.3 is 24.4 Å². The first kappa shape index (κ1) is 12.8. The van der Waals surface area contributed by atoms with Crippen LogP contribution in [0, 0.1) is 0 Å². The lowest BCUT2D eigenvalue weighted by Gasteiger charge is -2.33. The molecule has 3 aliphatic rings. The molecule has 2 saturated heterocycles. The van der Waals surface area contributed by atoms with Gasteiger partial charge in [-0.2, -0.15) is 0 Å². The fourth-order valence-electron chi connectivity index (χ4n) is 3.27. The number of fused-ring (bicyclic) bond motifs is 1. The van der Waals surface area contributed by atoms with Crippen molar-refractivity contribution in [3.63, 3.8) is 0 Å². The van der Waals surface area contributed by atoms with E-state index < -0.39 is 18.2 Å². The van der Waals surface area contributed by atoms with Crippen LogP contribution in [0.25, 0.3) is 0 Å². The van der Waals surface area contributed by atoms with E-state index in [1.54, 1.807) is 0 Å². The van der Waals surface area contributed by atoms with E-state index in [4.69, 9.17) is 19.3 Å². The van der Waals surface area contributed by atoms with Gasteiger partial charge in [-0.05, 0) is 25.7 Å². The SMILES string of the molecule is OCCC[C@H]1O[C@@H]2OC3(CCCCC3)O[C@@H]2[C@@H]1O. The molecule has 0 unspecified atom stereocenters. The summed E-state index contributed by atoms with van der Waals surface area (Å²) in [6.07, 6.45) is 4.84. The zero-order valence-electron chi connectivity index (χ0n) is 10.6. The first-order chi connectivity index (χ1) is 8.74. The number of ether oxygens (including phenoxy) is 3. The van der Waals surface area contributed by atoms with E-state index in [0.717, 1.165) is 25.7 Å². The molecule has 0 radical (unpaired) electrons. The third-order valence-corrected chi connectivity index (χ3v) is 4.24. The third-order valence-electron chi connectivity index (χ3n) is 4.24. The summed E-state index contributed by atoms with van der Waals surface area (Å²) in [5.74, 6) is -0.503. The van der Waals surface area contributed by atoms with Crippen LogP contribution in [0.15, 0.2) is 0 Å². The maximum atomic E-state index is 10.2. The van der Waals surface area contributed by atoms with Crippen LogP contribution in [0.4, 0.5) is 0 Å². The van der Waals surface area contributed by atoms with E-state index in [9.17, 15) is 5.11 Å². The summed E-state index contributed by atoms with van der Waals surface area (Å²) in [7, 11) is 0. The van der Waals surface area contributed by atoms with Crippen LogP contribution in [-0.4, -0.2) is 47.2 Å². The average Bonchev–Trinajstić information content (AvgIpc) is 2.85. The molecular weight excluding hydrogens is 236 g/mol. The number of aliphatic hydroxyl groups is 2. The van der Waals surface area contributed by atoms with Gasteiger partial charge in [0.05, 0.1) is 6.10 Å². The Bertz CT molecular complexity index is 289. The van der Waals surface area contributed by atoms with Gasteiger partial charge in [0.15, 0.2) is 12.1 Å². The maximum absolute atomic E-state index is 10.2. The molecule has 18 heavy (non-hydrogen) atoms. The van der Waals surface area contributed by atoms with Crippen molar-refractivity contribution in [1.82, 2.24) is 0 Å². The topological polar surface area (TPSA) is 68.2 Å². The molecular formula is C13H22O5. The van der Waals surface area contributed by atoms with Gasteiger partial charge >= 0.3 is 0 Å². The summed E-state index contributed by atoms with van der Waals surface area (Å²) in [5, 5.41) is 19.0. The standard InChI is InChI=1S/C13H22O5/c14-8-4-5-9-10(15)11-12(16-9)18-13(17-11)6-2-1-3-7-13/h9-12,14-15H,1-8H2/t9-,10-,11-,12-/m1/s1. The molecule has 0 aromatic rings. The van der Waals surface area contributed by atoms with Gasteiger partial charge in [-0.25, -0.2) is 0 Å². The van der Waals surface area contributed by atoms with E-state index in [1.807, 2.05) is 0 Å². The Morgan fingerprint density at radius 3 is 2.56 bits per heavy atom. The van der Waals surface area contributed by atoms with E-state index in [1.165, 1.54) is 6.42 Å². The second-order valence-corrected chi connectivity index (χ2v) is 5.57. The van der Waals surface area contributed by atoms with Crippen molar-refractivity contribution in [2.24, 2.45) is 0 Å². The summed E-state index contributed by atoms with van der Waals surface area (Å²) < 4.78 is 17.6. The monoisotopic (exact) mass is 258 g/mol. The van der Waals surface area contributed by atoms with Gasteiger partial charge in [0.2, 0.25) is 0 Å². The molecule has 4 atom stereocenters. The van der Waals surface area contributed by atoms with Gasteiger partial charge in [0.1, 0.15) is 12.2 Å². The van der Waals surface area contributed by atoms with Crippen LogP contribution in [0.2, 0.25) is 0 Å². The van der Waals surface area contributed by atoms with Crippen molar-refractivity contribution < 1.29 is 24.4 Å². The highest BCUT2D eigenvalue weighted by Gasteiger charge is 2.57. The highest BCUT2D eigenvalue weighted by atomic mass is 16.8. The number of hydrogen-bond donors (Lipinski definition) is 2. The number of aliphatic hydroxyl groups excluding tert-OH is 2.